The van der Waals surface area contributed by atoms with Gasteiger partial charge >= 0.3 is 0 Å². The van der Waals surface area contributed by atoms with E-state index in [1.807, 2.05) is 11.3 Å². The molecule has 8 rings (SSSR count). The van der Waals surface area contributed by atoms with Crippen LogP contribution in [0.1, 0.15) is 30.4 Å². The summed E-state index contributed by atoms with van der Waals surface area (Å²) in [6.07, 6.45) is 5.67. The molecule has 2 nitrogen and oxygen atoms in total. The molecule has 0 radical (unpaired) electrons. The summed E-state index contributed by atoms with van der Waals surface area (Å²) >= 11 is 1.86. The van der Waals surface area contributed by atoms with Crippen LogP contribution >= 0.6 is 11.3 Å². The smallest absolute Gasteiger partial charge is 0.0540 e. The molecule has 1 heterocycles. The van der Waals surface area contributed by atoms with Gasteiger partial charge in [0, 0.05) is 53.9 Å². The third-order valence-electron chi connectivity index (χ3n) is 8.46. The first-order valence-corrected chi connectivity index (χ1v) is 15.4. The van der Waals surface area contributed by atoms with Crippen LogP contribution in [0.5, 0.6) is 0 Å². The summed E-state index contributed by atoms with van der Waals surface area (Å²) in [5, 5.41) is 8.78. The zero-order chi connectivity index (χ0) is 28.0. The minimum atomic E-state index is 0.544. The van der Waals surface area contributed by atoms with Crippen molar-refractivity contribution in [2.24, 2.45) is 0 Å². The molecule has 1 atom stereocenters. The first kappa shape index (κ1) is 24.9. The van der Waals surface area contributed by atoms with Crippen molar-refractivity contribution < 1.29 is 0 Å². The number of para-hydroxylation sites is 1. The molecule has 42 heavy (non-hydrogen) atoms. The Hall–Kier alpha value is -4.86. The zero-order valence-corrected chi connectivity index (χ0v) is 24.2. The molecule has 0 saturated carbocycles. The molecule has 3 heteroatoms. The van der Waals surface area contributed by atoms with E-state index in [0.29, 0.717) is 5.92 Å². The number of thiophene rings is 1. The number of anilines is 5. The van der Waals surface area contributed by atoms with Gasteiger partial charge in [-0.1, -0.05) is 85.8 Å². The molecule has 0 fully saturated rings. The Bertz CT molecular complexity index is 2120. The lowest BCUT2D eigenvalue weighted by atomic mass is 9.87. The number of hydrogen-bond acceptors (Lipinski definition) is 3. The summed E-state index contributed by atoms with van der Waals surface area (Å²) in [5.41, 5.74) is 8.48. The number of nitrogens with zero attached hydrogens (tertiary/aromatic N) is 1. The summed E-state index contributed by atoms with van der Waals surface area (Å²) in [6.45, 7) is 2.31. The molecule has 202 valence electrons. The summed E-state index contributed by atoms with van der Waals surface area (Å²) < 4.78 is 2.60. The Morgan fingerprint density at radius 3 is 2.33 bits per heavy atom. The average molecular weight is 559 g/mol. The van der Waals surface area contributed by atoms with Crippen molar-refractivity contribution in [3.63, 3.8) is 0 Å². The number of fused-ring (bicyclic) bond motifs is 5. The van der Waals surface area contributed by atoms with Crippen LogP contribution in [0, 0.1) is 0 Å². The summed E-state index contributed by atoms with van der Waals surface area (Å²) in [6, 6.07) is 46.2. The molecule has 6 aromatic carbocycles. The third kappa shape index (κ3) is 4.25. The van der Waals surface area contributed by atoms with Gasteiger partial charge in [0.05, 0.1) is 5.69 Å². The Morgan fingerprint density at radius 1 is 0.667 bits per heavy atom. The fourth-order valence-corrected chi connectivity index (χ4v) is 7.44. The molecule has 1 N–H and O–H groups in total. The lowest BCUT2D eigenvalue weighted by Crippen LogP contribution is -2.10. The molecule has 1 unspecified atom stereocenters. The van der Waals surface area contributed by atoms with Gasteiger partial charge in [-0.05, 0) is 84.0 Å². The minimum Gasteiger partial charge on any atom is -0.355 e. The monoisotopic (exact) mass is 558 g/mol. The zero-order valence-electron chi connectivity index (χ0n) is 23.4. The predicted molar refractivity (Wildman–Crippen MR) is 183 cm³/mol. The van der Waals surface area contributed by atoms with E-state index >= 15 is 0 Å². The standard InChI is InChI=1S/C39H30N2S/c1-26-10-7-17-33-31(26)16-9-18-36(33)40-28-20-22-38-34(24-28)35-25-30(21-23-39(35)42-38)41(29-13-3-2-4-14-29)37-19-8-12-27-11-5-6-15-32(27)37/h2-9,11-26,40H,10H2,1H3. The summed E-state index contributed by atoms with van der Waals surface area (Å²) in [5.74, 6) is 0.544. The molecule has 7 aromatic rings. The van der Waals surface area contributed by atoms with Crippen LogP contribution in [-0.4, -0.2) is 0 Å². The largest absolute Gasteiger partial charge is 0.355 e. The molecule has 0 amide bonds. The van der Waals surface area contributed by atoms with Crippen molar-refractivity contribution in [2.45, 2.75) is 19.3 Å². The SMILES string of the molecule is CC1CC=Cc2c(Nc3ccc4sc5ccc(N(c6ccccc6)c6cccc7ccccc67)cc5c4c3)cccc21. The van der Waals surface area contributed by atoms with Crippen LogP contribution in [-0.2, 0) is 0 Å². The van der Waals surface area contributed by atoms with Crippen LogP contribution < -0.4 is 10.2 Å². The molecular weight excluding hydrogens is 529 g/mol. The summed E-state index contributed by atoms with van der Waals surface area (Å²) in [4.78, 5) is 2.39. The Balaban J connectivity index is 1.26. The van der Waals surface area contributed by atoms with E-state index in [9.17, 15) is 0 Å². The highest BCUT2D eigenvalue weighted by Gasteiger charge is 2.18. The van der Waals surface area contributed by atoms with Crippen molar-refractivity contribution in [2.75, 3.05) is 10.2 Å². The number of rotatable bonds is 5. The van der Waals surface area contributed by atoms with Crippen LogP contribution in [0.3, 0.4) is 0 Å². The first-order valence-electron chi connectivity index (χ1n) is 14.6. The van der Waals surface area contributed by atoms with Gasteiger partial charge in [0.25, 0.3) is 0 Å². The van der Waals surface area contributed by atoms with Crippen molar-refractivity contribution in [1.82, 2.24) is 0 Å². The van der Waals surface area contributed by atoms with Gasteiger partial charge in [0.2, 0.25) is 0 Å². The number of allylic oxidation sites excluding steroid dienone is 1. The first-order chi connectivity index (χ1) is 20.7. The summed E-state index contributed by atoms with van der Waals surface area (Å²) in [7, 11) is 0. The maximum atomic E-state index is 3.75. The Kier molecular flexibility index (Phi) is 6.05. The fourth-order valence-electron chi connectivity index (χ4n) is 6.37. The predicted octanol–water partition coefficient (Wildman–Crippen LogP) is 11.9. The minimum absolute atomic E-state index is 0.544. The number of benzene rings is 6. The lowest BCUT2D eigenvalue weighted by Gasteiger charge is -2.27. The van der Waals surface area contributed by atoms with Crippen LogP contribution in [0.15, 0.2) is 133 Å². The van der Waals surface area contributed by atoms with Gasteiger partial charge in [-0.3, -0.25) is 0 Å². The molecule has 1 aromatic heterocycles. The van der Waals surface area contributed by atoms with E-state index in [1.165, 1.54) is 53.4 Å². The third-order valence-corrected chi connectivity index (χ3v) is 9.61. The molecular formula is C39H30N2S. The van der Waals surface area contributed by atoms with E-state index in [0.717, 1.165) is 23.5 Å². The highest BCUT2D eigenvalue weighted by Crippen LogP contribution is 2.43. The number of nitrogens with one attached hydrogen (secondary N) is 1. The maximum Gasteiger partial charge on any atom is 0.0540 e. The van der Waals surface area contributed by atoms with Gasteiger partial charge < -0.3 is 10.2 Å². The van der Waals surface area contributed by atoms with E-state index in [4.69, 9.17) is 0 Å². The molecule has 0 saturated heterocycles. The second kappa shape index (κ2) is 10.2. The highest BCUT2D eigenvalue weighted by atomic mass is 32.1. The van der Waals surface area contributed by atoms with Gasteiger partial charge in [-0.15, -0.1) is 11.3 Å². The Morgan fingerprint density at radius 2 is 1.43 bits per heavy atom. The lowest BCUT2D eigenvalue weighted by molar-refractivity contribution is 0.772. The van der Waals surface area contributed by atoms with Crippen molar-refractivity contribution in [3.05, 3.63) is 145 Å². The topological polar surface area (TPSA) is 15.3 Å². The molecule has 0 bridgehead atoms. The van der Waals surface area contributed by atoms with Crippen LogP contribution in [0.25, 0.3) is 37.0 Å². The molecule has 1 aliphatic rings. The van der Waals surface area contributed by atoms with Crippen molar-refractivity contribution >= 4 is 76.8 Å². The second-order valence-electron chi connectivity index (χ2n) is 11.1. The van der Waals surface area contributed by atoms with Crippen molar-refractivity contribution in [3.8, 4) is 0 Å². The molecule has 0 aliphatic heterocycles. The highest BCUT2D eigenvalue weighted by molar-refractivity contribution is 7.25. The van der Waals surface area contributed by atoms with Gasteiger partial charge in [0.15, 0.2) is 0 Å². The second-order valence-corrected chi connectivity index (χ2v) is 12.2. The average Bonchev–Trinajstić information content (AvgIpc) is 3.40. The normalized spacial score (nSPS) is 14.4. The fraction of sp³-hybridized carbons (Fsp3) is 0.0769. The van der Waals surface area contributed by atoms with Gasteiger partial charge in [-0.2, -0.15) is 0 Å². The van der Waals surface area contributed by atoms with Crippen molar-refractivity contribution in [1.29, 1.82) is 0 Å². The Labute approximate surface area is 250 Å². The van der Waals surface area contributed by atoms with E-state index in [-0.39, 0.29) is 0 Å². The molecule has 1 aliphatic carbocycles. The van der Waals surface area contributed by atoms with Gasteiger partial charge in [0.1, 0.15) is 0 Å². The van der Waals surface area contributed by atoms with E-state index in [2.05, 4.69) is 157 Å². The van der Waals surface area contributed by atoms with Gasteiger partial charge in [-0.25, -0.2) is 0 Å². The maximum absolute atomic E-state index is 3.75. The van der Waals surface area contributed by atoms with E-state index in [1.54, 1.807) is 0 Å². The quantitative estimate of drug-likeness (QED) is 0.226. The van der Waals surface area contributed by atoms with Crippen LogP contribution in [0.4, 0.5) is 28.4 Å². The molecule has 0 spiro atoms. The number of hydrogen-bond donors (Lipinski definition) is 1. The van der Waals surface area contributed by atoms with E-state index < -0.39 is 0 Å². The van der Waals surface area contributed by atoms with Crippen LogP contribution in [0.2, 0.25) is 0 Å².